The van der Waals surface area contributed by atoms with E-state index in [0.29, 0.717) is 0 Å². The van der Waals surface area contributed by atoms with Crippen LogP contribution in [-0.4, -0.2) is 49.5 Å². The minimum absolute atomic E-state index is 0. The summed E-state index contributed by atoms with van der Waals surface area (Å²) in [7, 11) is 8.50. The van der Waals surface area contributed by atoms with E-state index in [9.17, 15) is 0 Å². The van der Waals surface area contributed by atoms with Crippen LogP contribution in [0, 0.1) is 0 Å². The monoisotopic (exact) mass is 103 g/mol. The van der Waals surface area contributed by atoms with Gasteiger partial charge >= 0.3 is 0 Å². The Balaban J connectivity index is -0.0000000800. The van der Waals surface area contributed by atoms with Crippen molar-refractivity contribution < 1.29 is 4.48 Å². The SMILES string of the molecule is B.C[N+](C)(C)C.[BH4-]. The maximum atomic E-state index is 2.12. The molecule has 0 aliphatic heterocycles. The average Bonchev–Trinajstić information content (AvgIpc) is 0.722. The highest BCUT2D eigenvalue weighted by atomic mass is 15.2. The van der Waals surface area contributed by atoms with Crippen LogP contribution in [0.3, 0.4) is 0 Å². The molecule has 3 heteroatoms. The molecule has 0 aliphatic rings. The molecule has 1 nitrogen and oxygen atoms in total. The highest BCUT2D eigenvalue weighted by Crippen LogP contribution is 1.73. The second-order valence-electron chi connectivity index (χ2n) is 2.68. The van der Waals surface area contributed by atoms with Crippen molar-refractivity contribution in [3.05, 3.63) is 0 Å². The van der Waals surface area contributed by atoms with Crippen molar-refractivity contribution in [2.24, 2.45) is 0 Å². The van der Waals surface area contributed by atoms with Crippen molar-refractivity contribution in [2.45, 2.75) is 0 Å². The van der Waals surface area contributed by atoms with E-state index in [0.717, 1.165) is 4.48 Å². The summed E-state index contributed by atoms with van der Waals surface area (Å²) in [5.74, 6) is 0. The van der Waals surface area contributed by atoms with E-state index in [1.807, 2.05) is 0 Å². The molecule has 0 fully saturated rings. The second kappa shape index (κ2) is 4.25. The Morgan fingerprint density at radius 2 is 0.857 bits per heavy atom. The Morgan fingerprint density at radius 1 is 0.857 bits per heavy atom. The first-order valence-electron chi connectivity index (χ1n) is 1.79. The standard InChI is InChI=1S/C4H12N.BH4.BH3/c1-5(2,3)4;;/h1-4H3;1H4;1H3/q+1;-1;. The van der Waals surface area contributed by atoms with Crippen LogP contribution in [0.2, 0.25) is 0 Å². The second-order valence-corrected chi connectivity index (χ2v) is 2.68. The van der Waals surface area contributed by atoms with Gasteiger partial charge in [-0.3, -0.25) is 0 Å². The molecule has 0 bridgehead atoms. The summed E-state index contributed by atoms with van der Waals surface area (Å²) in [6.45, 7) is 0. The van der Waals surface area contributed by atoms with Crippen LogP contribution in [-0.2, 0) is 0 Å². The molecule has 0 aromatic carbocycles. The van der Waals surface area contributed by atoms with Crippen LogP contribution in [0.5, 0.6) is 0 Å². The predicted octanol–water partition coefficient (Wildman–Crippen LogP) is -2.31. The Labute approximate surface area is 50.4 Å². The highest BCUT2D eigenvalue weighted by Gasteiger charge is 1.88. The van der Waals surface area contributed by atoms with Crippen molar-refractivity contribution in [3.63, 3.8) is 0 Å². The fourth-order valence-corrected chi connectivity index (χ4v) is 0. The Bertz CT molecular complexity index is 25.2. The van der Waals surface area contributed by atoms with Crippen LogP contribution in [0.25, 0.3) is 0 Å². The maximum absolute atomic E-state index is 2.12. The number of nitrogens with zero attached hydrogens (tertiary/aromatic N) is 1. The summed E-state index contributed by atoms with van der Waals surface area (Å²) in [4.78, 5) is 0. The first kappa shape index (κ1) is 15.7. The zero-order valence-electron chi connectivity index (χ0n) is 4.45. The third-order valence-corrected chi connectivity index (χ3v) is 0. The van der Waals surface area contributed by atoms with E-state index < -0.39 is 0 Å². The predicted molar refractivity (Wildman–Crippen MR) is 45.2 cm³/mol. The summed E-state index contributed by atoms with van der Waals surface area (Å²) in [6, 6.07) is 0. The summed E-state index contributed by atoms with van der Waals surface area (Å²) in [6.07, 6.45) is 0. The van der Waals surface area contributed by atoms with Gasteiger partial charge in [0, 0.05) is 0 Å². The molecule has 46 valence electrons. The van der Waals surface area contributed by atoms with Crippen molar-refractivity contribution in [1.82, 2.24) is 0 Å². The number of hydrogen-bond acceptors (Lipinski definition) is 0. The first-order chi connectivity index (χ1) is 2.00. The fraction of sp³-hybridized carbons (Fsp3) is 1.00. The van der Waals surface area contributed by atoms with Crippen LogP contribution in [0.4, 0.5) is 0 Å². The minimum atomic E-state index is 0. The zero-order chi connectivity index (χ0) is 4.50. The molecule has 0 heterocycles. The van der Waals surface area contributed by atoms with Gasteiger partial charge in [-0.1, -0.05) is 8.41 Å². The van der Waals surface area contributed by atoms with Crippen molar-refractivity contribution in [3.8, 4) is 0 Å². The number of quaternary nitrogens is 1. The summed E-state index contributed by atoms with van der Waals surface area (Å²) >= 11 is 0. The van der Waals surface area contributed by atoms with Crippen LogP contribution < -0.4 is 0 Å². The molecule has 0 atom stereocenters. The first-order valence-corrected chi connectivity index (χ1v) is 1.79. The van der Waals surface area contributed by atoms with Gasteiger partial charge in [-0.05, 0) is 0 Å². The van der Waals surface area contributed by atoms with Crippen LogP contribution in [0.1, 0.15) is 0 Å². The highest BCUT2D eigenvalue weighted by molar-refractivity contribution is 5.76. The lowest BCUT2D eigenvalue weighted by Gasteiger charge is -2.14. The molecule has 0 spiro atoms. The van der Waals surface area contributed by atoms with E-state index in [4.69, 9.17) is 0 Å². The van der Waals surface area contributed by atoms with Gasteiger partial charge in [0.1, 0.15) is 0 Å². The van der Waals surface area contributed by atoms with Crippen molar-refractivity contribution in [1.29, 1.82) is 0 Å². The minimum Gasteiger partial charge on any atom is -0.333 e. The van der Waals surface area contributed by atoms with Crippen LogP contribution in [0.15, 0.2) is 0 Å². The fourth-order valence-electron chi connectivity index (χ4n) is 0. The summed E-state index contributed by atoms with van der Waals surface area (Å²) in [5, 5.41) is 0. The largest absolute Gasteiger partial charge is 0.333 e. The van der Waals surface area contributed by atoms with Gasteiger partial charge in [0.25, 0.3) is 0 Å². The van der Waals surface area contributed by atoms with Gasteiger partial charge in [0.05, 0.1) is 36.6 Å². The van der Waals surface area contributed by atoms with E-state index in [-0.39, 0.29) is 16.8 Å². The smallest absolute Gasteiger partial charge is 0.0814 e. The zero-order valence-corrected chi connectivity index (χ0v) is 4.45. The van der Waals surface area contributed by atoms with Gasteiger partial charge in [-0.25, -0.2) is 0 Å². The molecule has 0 saturated heterocycles. The lowest BCUT2D eigenvalue weighted by Crippen LogP contribution is -2.27. The average molecular weight is 103 g/mol. The molecular weight excluding hydrogens is 83.7 g/mol. The lowest BCUT2D eigenvalue weighted by molar-refractivity contribution is -0.849. The Kier molecular flexibility index (Phi) is 9.55. The molecule has 0 saturated carbocycles. The maximum Gasteiger partial charge on any atom is 0.0814 e. The molecule has 0 N–H and O–H groups in total. The molecule has 0 aromatic rings. The molecule has 0 radical (unpaired) electrons. The van der Waals surface area contributed by atoms with Gasteiger partial charge in [0.15, 0.2) is 0 Å². The van der Waals surface area contributed by atoms with E-state index in [1.165, 1.54) is 0 Å². The van der Waals surface area contributed by atoms with Gasteiger partial charge in [-0.15, -0.1) is 0 Å². The van der Waals surface area contributed by atoms with Crippen LogP contribution >= 0.6 is 0 Å². The van der Waals surface area contributed by atoms with E-state index >= 15 is 0 Å². The van der Waals surface area contributed by atoms with E-state index in [2.05, 4.69) is 28.2 Å². The summed E-state index contributed by atoms with van der Waals surface area (Å²) in [5.41, 5.74) is 0. The quantitative estimate of drug-likeness (QED) is 0.238. The molecule has 0 aliphatic carbocycles. The number of hydrogen-bond donors (Lipinski definition) is 0. The summed E-state index contributed by atoms with van der Waals surface area (Å²) < 4.78 is 1.00. The number of rotatable bonds is 0. The third-order valence-electron chi connectivity index (χ3n) is 0. The van der Waals surface area contributed by atoms with Gasteiger partial charge in [0.2, 0.25) is 0 Å². The normalized spacial score (nSPS) is 8.57. The van der Waals surface area contributed by atoms with Crippen molar-refractivity contribution in [2.75, 3.05) is 28.2 Å². The molecular formula is C4H19B2N. The Morgan fingerprint density at radius 3 is 0.857 bits per heavy atom. The molecule has 0 unspecified atom stereocenters. The Hall–Kier alpha value is 0.0899. The molecule has 0 rings (SSSR count). The van der Waals surface area contributed by atoms with Gasteiger partial charge in [-0.2, -0.15) is 0 Å². The van der Waals surface area contributed by atoms with Crippen molar-refractivity contribution >= 4 is 16.8 Å². The van der Waals surface area contributed by atoms with E-state index in [1.54, 1.807) is 0 Å². The molecule has 7 heavy (non-hydrogen) atoms. The lowest BCUT2D eigenvalue weighted by atomic mass is 10.8. The topological polar surface area (TPSA) is 0 Å². The van der Waals surface area contributed by atoms with Gasteiger partial charge < -0.3 is 4.48 Å². The third kappa shape index (κ3) is 12600. The molecule has 0 aromatic heterocycles. The molecule has 0 amide bonds.